The van der Waals surface area contributed by atoms with E-state index in [1.54, 1.807) is 0 Å². The maximum atomic E-state index is 11.1. The highest BCUT2D eigenvalue weighted by atomic mass is 16.5. The lowest BCUT2D eigenvalue weighted by Crippen LogP contribution is -2.06. The maximum Gasteiger partial charge on any atom is 0.333 e. The van der Waals surface area contributed by atoms with Crippen molar-refractivity contribution in [1.29, 1.82) is 0 Å². The predicted molar refractivity (Wildman–Crippen MR) is 57.0 cm³/mol. The summed E-state index contributed by atoms with van der Waals surface area (Å²) in [7, 11) is 1.43. The average Bonchev–Trinajstić information content (AvgIpc) is 2.26. The van der Waals surface area contributed by atoms with Crippen LogP contribution in [-0.2, 0) is 9.53 Å². The van der Waals surface area contributed by atoms with E-state index in [0.29, 0.717) is 0 Å². The predicted octanol–water partition coefficient (Wildman–Crippen LogP) is 3.08. The molecule has 1 saturated carbocycles. The van der Waals surface area contributed by atoms with Crippen LogP contribution in [0, 0.1) is 5.92 Å². The molecule has 0 saturated heterocycles. The van der Waals surface area contributed by atoms with Crippen LogP contribution in [0.2, 0.25) is 0 Å². The van der Waals surface area contributed by atoms with Crippen molar-refractivity contribution in [2.24, 2.45) is 5.92 Å². The van der Waals surface area contributed by atoms with Gasteiger partial charge in [-0.25, -0.2) is 4.79 Å². The first-order valence-corrected chi connectivity index (χ1v) is 5.49. The van der Waals surface area contributed by atoms with Crippen molar-refractivity contribution in [2.75, 3.05) is 7.11 Å². The molecule has 2 heteroatoms. The number of rotatable bonds is 3. The largest absolute Gasteiger partial charge is 0.466 e. The number of hydrogen-bond donors (Lipinski definition) is 0. The molecule has 0 aromatic heterocycles. The molecule has 0 radical (unpaired) electrons. The van der Waals surface area contributed by atoms with Crippen molar-refractivity contribution in [2.45, 2.75) is 45.4 Å². The third-order valence-corrected chi connectivity index (χ3v) is 2.99. The van der Waals surface area contributed by atoms with E-state index in [1.807, 2.05) is 13.0 Å². The Bertz CT molecular complexity index is 212. The molecule has 0 unspecified atom stereocenters. The first kappa shape index (κ1) is 11.3. The quantitative estimate of drug-likeness (QED) is 0.512. The fraction of sp³-hybridized carbons (Fsp3) is 0.750. The van der Waals surface area contributed by atoms with Gasteiger partial charge in [-0.15, -0.1) is 0 Å². The Morgan fingerprint density at radius 1 is 1.36 bits per heavy atom. The lowest BCUT2D eigenvalue weighted by atomic mass is 9.86. The van der Waals surface area contributed by atoms with Gasteiger partial charge in [0.15, 0.2) is 0 Å². The Hall–Kier alpha value is -0.790. The lowest BCUT2D eigenvalue weighted by molar-refractivity contribution is -0.136. The van der Waals surface area contributed by atoms with Gasteiger partial charge in [0, 0.05) is 5.57 Å². The van der Waals surface area contributed by atoms with Gasteiger partial charge >= 0.3 is 5.97 Å². The van der Waals surface area contributed by atoms with E-state index in [0.717, 1.165) is 17.9 Å². The Morgan fingerprint density at radius 3 is 2.57 bits per heavy atom. The van der Waals surface area contributed by atoms with Gasteiger partial charge in [0.1, 0.15) is 0 Å². The van der Waals surface area contributed by atoms with Crippen LogP contribution >= 0.6 is 0 Å². The molecule has 0 atom stereocenters. The second-order valence-electron chi connectivity index (χ2n) is 4.12. The monoisotopic (exact) mass is 196 g/mol. The van der Waals surface area contributed by atoms with Gasteiger partial charge in [0.2, 0.25) is 0 Å². The van der Waals surface area contributed by atoms with Gasteiger partial charge in [0.25, 0.3) is 0 Å². The van der Waals surface area contributed by atoms with Crippen molar-refractivity contribution in [3.8, 4) is 0 Å². The fourth-order valence-electron chi connectivity index (χ4n) is 2.01. The maximum absolute atomic E-state index is 11.1. The van der Waals surface area contributed by atoms with E-state index in [9.17, 15) is 4.79 Å². The molecule has 1 aliphatic carbocycles. The third-order valence-electron chi connectivity index (χ3n) is 2.99. The van der Waals surface area contributed by atoms with Gasteiger partial charge in [-0.3, -0.25) is 0 Å². The lowest BCUT2D eigenvalue weighted by Gasteiger charge is -2.19. The van der Waals surface area contributed by atoms with Crippen LogP contribution < -0.4 is 0 Å². The highest BCUT2D eigenvalue weighted by Crippen LogP contribution is 2.26. The van der Waals surface area contributed by atoms with E-state index >= 15 is 0 Å². The van der Waals surface area contributed by atoms with Crippen LogP contribution in [0.5, 0.6) is 0 Å². The van der Waals surface area contributed by atoms with E-state index in [1.165, 1.54) is 39.2 Å². The zero-order valence-electron chi connectivity index (χ0n) is 9.21. The number of ether oxygens (including phenoxy) is 1. The summed E-state index contributed by atoms with van der Waals surface area (Å²) in [6.07, 6.45) is 9.82. The summed E-state index contributed by atoms with van der Waals surface area (Å²) in [6.45, 7) is 1.83. The molecule has 0 heterocycles. The molecule has 0 aromatic carbocycles. The first-order chi connectivity index (χ1) is 6.74. The van der Waals surface area contributed by atoms with Crippen LogP contribution in [-0.4, -0.2) is 13.1 Å². The van der Waals surface area contributed by atoms with Crippen LogP contribution in [0.3, 0.4) is 0 Å². The van der Waals surface area contributed by atoms with Crippen LogP contribution in [0.4, 0.5) is 0 Å². The molecule has 1 aliphatic rings. The van der Waals surface area contributed by atoms with E-state index in [-0.39, 0.29) is 5.97 Å². The molecule has 0 spiro atoms. The van der Waals surface area contributed by atoms with Crippen molar-refractivity contribution < 1.29 is 9.53 Å². The van der Waals surface area contributed by atoms with E-state index in [2.05, 4.69) is 4.74 Å². The first-order valence-electron chi connectivity index (χ1n) is 5.49. The molecular formula is C12H20O2. The highest BCUT2D eigenvalue weighted by molar-refractivity contribution is 5.87. The minimum absolute atomic E-state index is 0.194. The molecular weight excluding hydrogens is 176 g/mol. The van der Waals surface area contributed by atoms with Gasteiger partial charge < -0.3 is 4.74 Å². The summed E-state index contributed by atoms with van der Waals surface area (Å²) >= 11 is 0. The molecule has 0 aromatic rings. The topological polar surface area (TPSA) is 26.3 Å². The minimum atomic E-state index is -0.194. The zero-order chi connectivity index (χ0) is 10.4. The summed E-state index contributed by atoms with van der Waals surface area (Å²) < 4.78 is 4.64. The van der Waals surface area contributed by atoms with Gasteiger partial charge in [-0.1, -0.05) is 38.2 Å². The Kier molecular flexibility index (Phi) is 4.71. The van der Waals surface area contributed by atoms with E-state index < -0.39 is 0 Å². The molecule has 2 nitrogen and oxygen atoms in total. The number of methoxy groups -OCH3 is 1. The summed E-state index contributed by atoms with van der Waals surface area (Å²) in [5.74, 6) is 0.601. The molecule has 0 aliphatic heterocycles. The van der Waals surface area contributed by atoms with Gasteiger partial charge in [0.05, 0.1) is 7.11 Å². The number of hydrogen-bond acceptors (Lipinski definition) is 2. The van der Waals surface area contributed by atoms with Crippen molar-refractivity contribution >= 4 is 5.97 Å². The number of esters is 1. The smallest absolute Gasteiger partial charge is 0.333 e. The fourth-order valence-corrected chi connectivity index (χ4v) is 2.01. The molecule has 0 amide bonds. The second kappa shape index (κ2) is 5.84. The second-order valence-corrected chi connectivity index (χ2v) is 4.12. The molecule has 1 rings (SSSR count). The normalized spacial score (nSPS) is 19.4. The molecule has 14 heavy (non-hydrogen) atoms. The molecule has 1 fully saturated rings. The summed E-state index contributed by atoms with van der Waals surface area (Å²) in [5, 5.41) is 0. The highest BCUT2D eigenvalue weighted by Gasteiger charge is 2.12. The average molecular weight is 196 g/mol. The van der Waals surface area contributed by atoms with E-state index in [4.69, 9.17) is 0 Å². The van der Waals surface area contributed by atoms with Crippen LogP contribution in [0.15, 0.2) is 11.6 Å². The van der Waals surface area contributed by atoms with Gasteiger partial charge in [-0.05, 0) is 19.3 Å². The van der Waals surface area contributed by atoms with Crippen LogP contribution in [0.25, 0.3) is 0 Å². The molecule has 0 N–H and O–H groups in total. The minimum Gasteiger partial charge on any atom is -0.466 e. The van der Waals surface area contributed by atoms with Gasteiger partial charge in [-0.2, -0.15) is 0 Å². The molecule has 80 valence electrons. The summed E-state index contributed by atoms with van der Waals surface area (Å²) in [6, 6.07) is 0. The number of carbonyl (C=O) groups excluding carboxylic acids is 1. The standard InChI is InChI=1S/C12H20O2/c1-10(12(13)14-2)8-9-11-6-4-3-5-7-11/h8,11H,3-7,9H2,1-2H3/b10-8+. The summed E-state index contributed by atoms with van der Waals surface area (Å²) in [4.78, 5) is 11.1. The SMILES string of the molecule is COC(=O)/C(C)=C/CC1CCCCC1. The third kappa shape index (κ3) is 3.52. The van der Waals surface area contributed by atoms with Crippen molar-refractivity contribution in [3.63, 3.8) is 0 Å². The Balaban J connectivity index is 2.33. The zero-order valence-corrected chi connectivity index (χ0v) is 9.21. The van der Waals surface area contributed by atoms with Crippen LogP contribution in [0.1, 0.15) is 45.4 Å². The summed E-state index contributed by atoms with van der Waals surface area (Å²) in [5.41, 5.74) is 0.748. The Labute approximate surface area is 86.3 Å². The molecule has 0 bridgehead atoms. The Morgan fingerprint density at radius 2 is 2.00 bits per heavy atom. The number of allylic oxidation sites excluding steroid dienone is 1. The van der Waals surface area contributed by atoms with Crippen molar-refractivity contribution in [3.05, 3.63) is 11.6 Å². The van der Waals surface area contributed by atoms with Crippen molar-refractivity contribution in [1.82, 2.24) is 0 Å². The number of carbonyl (C=O) groups is 1.